The van der Waals surface area contributed by atoms with E-state index >= 15 is 0 Å². The molecule has 1 aromatic carbocycles. The molecule has 0 aromatic heterocycles. The molecule has 0 bridgehead atoms. The molecule has 1 N–H and O–H groups in total. The molecule has 1 aromatic rings. The minimum atomic E-state index is 0.228. The van der Waals surface area contributed by atoms with Gasteiger partial charge in [-0.2, -0.15) is 0 Å². The van der Waals surface area contributed by atoms with Gasteiger partial charge in [0, 0.05) is 18.3 Å². The molecule has 1 aliphatic carbocycles. The number of para-hydroxylation sites is 1. The van der Waals surface area contributed by atoms with E-state index in [-0.39, 0.29) is 5.91 Å². The van der Waals surface area contributed by atoms with Crippen LogP contribution >= 0.6 is 0 Å². The summed E-state index contributed by atoms with van der Waals surface area (Å²) < 4.78 is 0. The van der Waals surface area contributed by atoms with E-state index in [1.165, 1.54) is 44.1 Å². The lowest BCUT2D eigenvalue weighted by Crippen LogP contribution is -2.43. The van der Waals surface area contributed by atoms with Gasteiger partial charge in [-0.1, -0.05) is 43.9 Å². The van der Waals surface area contributed by atoms with Gasteiger partial charge in [0.15, 0.2) is 0 Å². The molecule has 0 unspecified atom stereocenters. The average molecular weight is 286 g/mol. The Labute approximate surface area is 127 Å². The Morgan fingerprint density at radius 3 is 2.67 bits per heavy atom. The van der Waals surface area contributed by atoms with Crippen molar-refractivity contribution in [2.24, 2.45) is 0 Å². The molecular formula is C18H26N2O. The number of amides is 1. The summed E-state index contributed by atoms with van der Waals surface area (Å²) in [5.74, 6) is 0.228. The van der Waals surface area contributed by atoms with Gasteiger partial charge in [-0.05, 0) is 37.3 Å². The van der Waals surface area contributed by atoms with E-state index in [1.807, 2.05) is 11.0 Å². The molecule has 0 radical (unpaired) electrons. The highest BCUT2D eigenvalue weighted by Crippen LogP contribution is 2.26. The van der Waals surface area contributed by atoms with Gasteiger partial charge in [0.05, 0.1) is 6.54 Å². The van der Waals surface area contributed by atoms with Crippen LogP contribution in [0.15, 0.2) is 24.3 Å². The molecule has 1 aliphatic heterocycles. The van der Waals surface area contributed by atoms with Crippen LogP contribution in [0.25, 0.3) is 0 Å². The molecule has 0 spiro atoms. The Balaban J connectivity index is 1.58. The van der Waals surface area contributed by atoms with Crippen molar-refractivity contribution < 1.29 is 4.79 Å². The van der Waals surface area contributed by atoms with Gasteiger partial charge in [-0.25, -0.2) is 0 Å². The maximum absolute atomic E-state index is 12.6. The maximum Gasteiger partial charge on any atom is 0.240 e. The summed E-state index contributed by atoms with van der Waals surface area (Å²) in [5.41, 5.74) is 2.43. The van der Waals surface area contributed by atoms with E-state index in [4.69, 9.17) is 0 Å². The van der Waals surface area contributed by atoms with Crippen LogP contribution in [0.4, 0.5) is 5.69 Å². The zero-order chi connectivity index (χ0) is 14.5. The molecule has 3 rings (SSSR count). The van der Waals surface area contributed by atoms with Crippen molar-refractivity contribution in [3.63, 3.8) is 0 Å². The van der Waals surface area contributed by atoms with Crippen LogP contribution in [0.1, 0.15) is 50.5 Å². The monoisotopic (exact) mass is 286 g/mol. The van der Waals surface area contributed by atoms with Crippen LogP contribution in [0.5, 0.6) is 0 Å². The molecule has 1 saturated carbocycles. The quantitative estimate of drug-likeness (QED) is 0.865. The summed E-state index contributed by atoms with van der Waals surface area (Å²) in [4.78, 5) is 14.5. The molecule has 3 heteroatoms. The Kier molecular flexibility index (Phi) is 4.91. The Morgan fingerprint density at radius 2 is 1.86 bits per heavy atom. The Morgan fingerprint density at radius 1 is 1.10 bits per heavy atom. The zero-order valence-electron chi connectivity index (χ0n) is 12.8. The van der Waals surface area contributed by atoms with Crippen molar-refractivity contribution in [2.45, 2.75) is 57.4 Å². The lowest BCUT2D eigenvalue weighted by Gasteiger charge is -2.30. The molecule has 1 amide bonds. The van der Waals surface area contributed by atoms with Gasteiger partial charge in [-0.15, -0.1) is 0 Å². The van der Waals surface area contributed by atoms with Crippen LogP contribution in [0, 0.1) is 0 Å². The van der Waals surface area contributed by atoms with Gasteiger partial charge in [0.25, 0.3) is 0 Å². The van der Waals surface area contributed by atoms with Gasteiger partial charge in [-0.3, -0.25) is 4.79 Å². The number of nitrogens with one attached hydrogen (secondary N) is 1. The second-order valence-electron chi connectivity index (χ2n) is 6.35. The third kappa shape index (κ3) is 3.65. The minimum absolute atomic E-state index is 0.228. The molecule has 0 saturated heterocycles. The fraction of sp³-hybridized carbons (Fsp3) is 0.611. The number of aryl methyl sites for hydroxylation is 1. The van der Waals surface area contributed by atoms with E-state index in [0.29, 0.717) is 12.6 Å². The van der Waals surface area contributed by atoms with Crippen molar-refractivity contribution in [3.05, 3.63) is 29.8 Å². The largest absolute Gasteiger partial charge is 0.311 e. The second kappa shape index (κ2) is 7.08. The minimum Gasteiger partial charge on any atom is -0.311 e. The predicted molar refractivity (Wildman–Crippen MR) is 86.6 cm³/mol. The summed E-state index contributed by atoms with van der Waals surface area (Å²) in [7, 11) is 0. The topological polar surface area (TPSA) is 32.3 Å². The number of fused-ring (bicyclic) bond motifs is 1. The fourth-order valence-electron chi connectivity index (χ4n) is 3.60. The number of nitrogens with zero attached hydrogens (tertiary/aromatic N) is 1. The van der Waals surface area contributed by atoms with Gasteiger partial charge in [0.1, 0.15) is 0 Å². The summed E-state index contributed by atoms with van der Waals surface area (Å²) in [6.45, 7) is 1.35. The summed E-state index contributed by atoms with van der Waals surface area (Å²) in [6.07, 6.45) is 9.93. The SMILES string of the molecule is O=C(CNC1CCCCCC1)N1CCCc2ccccc21. The Hall–Kier alpha value is -1.35. The lowest BCUT2D eigenvalue weighted by molar-refractivity contribution is -0.118. The number of anilines is 1. The van der Waals surface area contributed by atoms with Gasteiger partial charge >= 0.3 is 0 Å². The van der Waals surface area contributed by atoms with Crippen LogP contribution in [-0.4, -0.2) is 25.0 Å². The van der Waals surface area contributed by atoms with Crippen molar-refractivity contribution >= 4 is 11.6 Å². The number of hydrogen-bond acceptors (Lipinski definition) is 2. The molecule has 2 aliphatic rings. The number of carbonyl (C=O) groups is 1. The molecule has 21 heavy (non-hydrogen) atoms. The standard InChI is InChI=1S/C18H26N2O/c21-18(14-19-16-10-3-1-2-4-11-16)20-13-7-9-15-8-5-6-12-17(15)20/h5-6,8,12,16,19H,1-4,7,9-11,13-14H2. The van der Waals surface area contributed by atoms with E-state index < -0.39 is 0 Å². The summed E-state index contributed by atoms with van der Waals surface area (Å²) in [6, 6.07) is 8.86. The van der Waals surface area contributed by atoms with E-state index in [1.54, 1.807) is 0 Å². The van der Waals surface area contributed by atoms with E-state index in [2.05, 4.69) is 23.5 Å². The number of benzene rings is 1. The average Bonchev–Trinajstić information content (AvgIpc) is 2.81. The highest BCUT2D eigenvalue weighted by Gasteiger charge is 2.22. The number of hydrogen-bond donors (Lipinski definition) is 1. The third-order valence-electron chi connectivity index (χ3n) is 4.81. The fourth-order valence-corrected chi connectivity index (χ4v) is 3.60. The highest BCUT2D eigenvalue weighted by molar-refractivity contribution is 5.95. The molecule has 1 fully saturated rings. The van der Waals surface area contributed by atoms with Crippen LogP contribution in [-0.2, 0) is 11.2 Å². The molecule has 3 nitrogen and oxygen atoms in total. The first kappa shape index (κ1) is 14.6. The van der Waals surface area contributed by atoms with Crippen LogP contribution in [0.2, 0.25) is 0 Å². The summed E-state index contributed by atoms with van der Waals surface area (Å²) in [5, 5.41) is 3.50. The lowest BCUT2D eigenvalue weighted by atomic mass is 10.0. The number of carbonyl (C=O) groups excluding carboxylic acids is 1. The molecule has 0 atom stereocenters. The smallest absolute Gasteiger partial charge is 0.240 e. The van der Waals surface area contributed by atoms with Crippen molar-refractivity contribution in [1.82, 2.24) is 5.32 Å². The van der Waals surface area contributed by atoms with Crippen LogP contribution < -0.4 is 10.2 Å². The first-order valence-corrected chi connectivity index (χ1v) is 8.46. The second-order valence-corrected chi connectivity index (χ2v) is 6.35. The van der Waals surface area contributed by atoms with E-state index in [9.17, 15) is 4.79 Å². The predicted octanol–water partition coefficient (Wildman–Crippen LogP) is 3.28. The normalized spacial score (nSPS) is 19.9. The first-order valence-electron chi connectivity index (χ1n) is 8.46. The van der Waals surface area contributed by atoms with E-state index in [0.717, 1.165) is 25.1 Å². The summed E-state index contributed by atoms with van der Waals surface area (Å²) >= 11 is 0. The van der Waals surface area contributed by atoms with Gasteiger partial charge in [0.2, 0.25) is 5.91 Å². The first-order chi connectivity index (χ1) is 10.3. The van der Waals surface area contributed by atoms with Crippen LogP contribution in [0.3, 0.4) is 0 Å². The third-order valence-corrected chi connectivity index (χ3v) is 4.81. The Bertz CT molecular complexity index is 478. The zero-order valence-corrected chi connectivity index (χ0v) is 12.8. The van der Waals surface area contributed by atoms with Crippen molar-refractivity contribution in [1.29, 1.82) is 0 Å². The van der Waals surface area contributed by atoms with Gasteiger partial charge < -0.3 is 10.2 Å². The molecule has 1 heterocycles. The molecular weight excluding hydrogens is 260 g/mol. The van der Waals surface area contributed by atoms with Crippen molar-refractivity contribution in [2.75, 3.05) is 18.0 Å². The number of rotatable bonds is 3. The van der Waals surface area contributed by atoms with Crippen molar-refractivity contribution in [3.8, 4) is 0 Å². The molecule has 114 valence electrons. The maximum atomic E-state index is 12.6. The highest BCUT2D eigenvalue weighted by atomic mass is 16.2.